The van der Waals surface area contributed by atoms with Gasteiger partial charge in [-0.25, -0.2) is 0 Å². The third-order valence-corrected chi connectivity index (χ3v) is 2.55. The number of hydrogen-bond donors (Lipinski definition) is 1. The normalized spacial score (nSPS) is 24.9. The molecule has 0 saturated heterocycles. The maximum absolute atomic E-state index is 10.8. The van der Waals surface area contributed by atoms with Crippen LogP contribution in [0.5, 0.6) is 0 Å². The lowest BCUT2D eigenvalue weighted by Gasteiger charge is -2.22. The van der Waals surface area contributed by atoms with Crippen LogP contribution in [0.2, 0.25) is 0 Å². The first-order chi connectivity index (χ1) is 5.18. The van der Waals surface area contributed by atoms with Crippen LogP contribution in [0.3, 0.4) is 0 Å². The first kappa shape index (κ1) is 8.72. The Labute approximate surface area is 67.6 Å². The van der Waals surface area contributed by atoms with Crippen LogP contribution in [0.25, 0.3) is 0 Å². The molecule has 1 fully saturated rings. The van der Waals surface area contributed by atoms with Crippen LogP contribution in [0.1, 0.15) is 39.0 Å². The van der Waals surface area contributed by atoms with Gasteiger partial charge in [-0.1, -0.05) is 12.8 Å². The Morgan fingerprint density at radius 1 is 1.55 bits per heavy atom. The lowest BCUT2D eigenvalue weighted by Crippen LogP contribution is -2.23. The van der Waals surface area contributed by atoms with Crippen molar-refractivity contribution < 1.29 is 9.90 Å². The standard InChI is InChI=1S/C9H16O2/c1-8(11)6-9(7-10)4-2-3-5-9/h7-8,11H,2-6H2,1H3. The number of hydrogen-bond acceptors (Lipinski definition) is 2. The van der Waals surface area contributed by atoms with Crippen molar-refractivity contribution in [2.24, 2.45) is 5.41 Å². The zero-order valence-corrected chi connectivity index (χ0v) is 7.05. The van der Waals surface area contributed by atoms with E-state index >= 15 is 0 Å². The molecule has 1 unspecified atom stereocenters. The van der Waals surface area contributed by atoms with Crippen LogP contribution in [0, 0.1) is 5.41 Å². The van der Waals surface area contributed by atoms with Gasteiger partial charge in [0.25, 0.3) is 0 Å². The maximum Gasteiger partial charge on any atom is 0.126 e. The van der Waals surface area contributed by atoms with Crippen molar-refractivity contribution in [1.29, 1.82) is 0 Å². The van der Waals surface area contributed by atoms with E-state index in [2.05, 4.69) is 0 Å². The number of aliphatic hydroxyl groups excluding tert-OH is 1. The second-order valence-electron chi connectivity index (χ2n) is 3.74. The molecule has 2 nitrogen and oxygen atoms in total. The molecule has 0 aliphatic heterocycles. The first-order valence-corrected chi connectivity index (χ1v) is 4.33. The van der Waals surface area contributed by atoms with Gasteiger partial charge in [0.2, 0.25) is 0 Å². The fraction of sp³-hybridized carbons (Fsp3) is 0.889. The zero-order chi connectivity index (χ0) is 8.32. The van der Waals surface area contributed by atoms with Crippen molar-refractivity contribution in [1.82, 2.24) is 0 Å². The summed E-state index contributed by atoms with van der Waals surface area (Å²) in [6.07, 6.45) is 5.60. The van der Waals surface area contributed by atoms with Crippen molar-refractivity contribution in [2.45, 2.75) is 45.1 Å². The monoisotopic (exact) mass is 156 g/mol. The molecule has 1 aliphatic rings. The Morgan fingerprint density at radius 2 is 2.09 bits per heavy atom. The molecule has 0 radical (unpaired) electrons. The average Bonchev–Trinajstić information content (AvgIpc) is 2.36. The molecule has 2 heteroatoms. The highest BCUT2D eigenvalue weighted by atomic mass is 16.3. The third-order valence-electron chi connectivity index (χ3n) is 2.55. The summed E-state index contributed by atoms with van der Waals surface area (Å²) in [4.78, 5) is 10.8. The molecule has 1 saturated carbocycles. The highest BCUT2D eigenvalue weighted by Gasteiger charge is 2.34. The average molecular weight is 156 g/mol. The van der Waals surface area contributed by atoms with E-state index in [4.69, 9.17) is 5.11 Å². The molecule has 0 aromatic heterocycles. The number of carbonyl (C=O) groups excluding carboxylic acids is 1. The second kappa shape index (κ2) is 3.35. The zero-order valence-electron chi connectivity index (χ0n) is 7.05. The molecule has 0 heterocycles. The topological polar surface area (TPSA) is 37.3 Å². The summed E-state index contributed by atoms with van der Waals surface area (Å²) in [5.41, 5.74) is -0.172. The van der Waals surface area contributed by atoms with E-state index in [1.165, 1.54) is 0 Å². The van der Waals surface area contributed by atoms with E-state index in [1.54, 1.807) is 6.92 Å². The molecule has 1 atom stereocenters. The van der Waals surface area contributed by atoms with Crippen LogP contribution < -0.4 is 0 Å². The Balaban J connectivity index is 2.52. The Bertz CT molecular complexity index is 134. The largest absolute Gasteiger partial charge is 0.393 e. The van der Waals surface area contributed by atoms with Gasteiger partial charge in [0.05, 0.1) is 6.10 Å². The third kappa shape index (κ3) is 2.03. The van der Waals surface area contributed by atoms with Gasteiger partial charge >= 0.3 is 0 Å². The molecule has 1 aliphatic carbocycles. The summed E-state index contributed by atoms with van der Waals surface area (Å²) in [7, 11) is 0. The molecule has 11 heavy (non-hydrogen) atoms. The molecular weight excluding hydrogens is 140 g/mol. The molecule has 64 valence electrons. The number of aliphatic hydroxyl groups is 1. The summed E-state index contributed by atoms with van der Waals surface area (Å²) in [5, 5.41) is 9.15. The summed E-state index contributed by atoms with van der Waals surface area (Å²) in [5.74, 6) is 0. The van der Waals surface area contributed by atoms with Gasteiger partial charge in [0.15, 0.2) is 0 Å². The molecule has 0 spiro atoms. The number of aldehydes is 1. The van der Waals surface area contributed by atoms with Gasteiger partial charge in [-0.05, 0) is 26.2 Å². The van der Waals surface area contributed by atoms with Gasteiger partial charge in [-0.3, -0.25) is 0 Å². The fourth-order valence-corrected chi connectivity index (χ4v) is 2.04. The Hall–Kier alpha value is -0.370. The minimum Gasteiger partial charge on any atom is -0.393 e. The van der Waals surface area contributed by atoms with Gasteiger partial charge in [0.1, 0.15) is 6.29 Å². The summed E-state index contributed by atoms with van der Waals surface area (Å²) < 4.78 is 0. The Kier molecular flexibility index (Phi) is 2.66. The lowest BCUT2D eigenvalue weighted by atomic mass is 9.82. The van der Waals surface area contributed by atoms with Crippen LogP contribution in [0.15, 0.2) is 0 Å². The predicted octanol–water partition coefficient (Wildman–Crippen LogP) is 1.52. The van der Waals surface area contributed by atoms with Crippen molar-refractivity contribution in [2.75, 3.05) is 0 Å². The Morgan fingerprint density at radius 3 is 2.45 bits per heavy atom. The van der Waals surface area contributed by atoms with E-state index in [0.29, 0.717) is 6.42 Å². The molecule has 1 rings (SSSR count). The quantitative estimate of drug-likeness (QED) is 0.629. The van der Waals surface area contributed by atoms with Gasteiger partial charge < -0.3 is 9.90 Å². The minimum atomic E-state index is -0.335. The van der Waals surface area contributed by atoms with Crippen LogP contribution >= 0.6 is 0 Å². The van der Waals surface area contributed by atoms with Gasteiger partial charge in [0, 0.05) is 5.41 Å². The summed E-state index contributed by atoms with van der Waals surface area (Å²) in [6, 6.07) is 0. The van der Waals surface area contributed by atoms with E-state index in [9.17, 15) is 4.79 Å². The molecule has 0 amide bonds. The van der Waals surface area contributed by atoms with E-state index in [1.807, 2.05) is 0 Å². The van der Waals surface area contributed by atoms with Crippen LogP contribution in [0.4, 0.5) is 0 Å². The van der Waals surface area contributed by atoms with Crippen LogP contribution in [-0.4, -0.2) is 17.5 Å². The van der Waals surface area contributed by atoms with Crippen LogP contribution in [-0.2, 0) is 4.79 Å². The van der Waals surface area contributed by atoms with Gasteiger partial charge in [-0.15, -0.1) is 0 Å². The second-order valence-corrected chi connectivity index (χ2v) is 3.74. The maximum atomic E-state index is 10.8. The van der Waals surface area contributed by atoms with E-state index < -0.39 is 0 Å². The van der Waals surface area contributed by atoms with Gasteiger partial charge in [-0.2, -0.15) is 0 Å². The molecule has 0 aromatic rings. The number of rotatable bonds is 3. The molecular formula is C9H16O2. The highest BCUT2D eigenvalue weighted by Crippen LogP contribution is 2.39. The fourth-order valence-electron chi connectivity index (χ4n) is 2.04. The van der Waals surface area contributed by atoms with E-state index in [-0.39, 0.29) is 11.5 Å². The lowest BCUT2D eigenvalue weighted by molar-refractivity contribution is -0.117. The minimum absolute atomic E-state index is 0.172. The SMILES string of the molecule is CC(O)CC1(C=O)CCCC1. The number of carbonyl (C=O) groups is 1. The molecule has 0 aromatic carbocycles. The first-order valence-electron chi connectivity index (χ1n) is 4.33. The highest BCUT2D eigenvalue weighted by molar-refractivity contribution is 5.59. The van der Waals surface area contributed by atoms with Crippen molar-refractivity contribution >= 4 is 6.29 Å². The molecule has 1 N–H and O–H groups in total. The smallest absolute Gasteiger partial charge is 0.126 e. The van der Waals surface area contributed by atoms with Crippen molar-refractivity contribution in [3.63, 3.8) is 0 Å². The van der Waals surface area contributed by atoms with Crippen molar-refractivity contribution in [3.05, 3.63) is 0 Å². The molecule has 0 bridgehead atoms. The predicted molar refractivity (Wildman–Crippen MR) is 43.3 cm³/mol. The van der Waals surface area contributed by atoms with E-state index in [0.717, 1.165) is 32.0 Å². The summed E-state index contributed by atoms with van der Waals surface area (Å²) >= 11 is 0. The summed E-state index contributed by atoms with van der Waals surface area (Å²) in [6.45, 7) is 1.75. The van der Waals surface area contributed by atoms with Crippen molar-refractivity contribution in [3.8, 4) is 0 Å².